The van der Waals surface area contributed by atoms with Gasteiger partial charge in [0.05, 0.1) is 21.4 Å². The van der Waals surface area contributed by atoms with E-state index in [9.17, 15) is 18.0 Å². The Balaban J connectivity index is 1.70. The van der Waals surface area contributed by atoms with Crippen LogP contribution in [0.25, 0.3) is 0 Å². The van der Waals surface area contributed by atoms with Gasteiger partial charge in [0.2, 0.25) is 5.91 Å². The fourth-order valence-electron chi connectivity index (χ4n) is 2.94. The highest BCUT2D eigenvalue weighted by Crippen LogP contribution is 2.32. The van der Waals surface area contributed by atoms with Crippen molar-refractivity contribution >= 4 is 38.0 Å². The Labute approximate surface area is 146 Å². The summed E-state index contributed by atoms with van der Waals surface area (Å²) in [6, 6.07) is 3.21. The van der Waals surface area contributed by atoms with Crippen LogP contribution in [0.2, 0.25) is 0 Å². The number of thiophene rings is 1. The van der Waals surface area contributed by atoms with Crippen LogP contribution < -0.4 is 5.32 Å². The minimum absolute atomic E-state index is 0.0168. The molecule has 0 aromatic carbocycles. The predicted molar refractivity (Wildman–Crippen MR) is 94.1 cm³/mol. The van der Waals surface area contributed by atoms with Crippen molar-refractivity contribution in [2.75, 3.05) is 23.4 Å². The standard InChI is InChI=1S/C16H22N2O4S2/c1-2-8-18(12-7-9-24(21,22)10-12)16(20)13-5-6-14(23-13)17-15(19)11-3-4-11/h5-6,11-12H,2-4,7-10H2,1H3,(H,17,19). The molecule has 1 N–H and O–H groups in total. The van der Waals surface area contributed by atoms with Gasteiger partial charge < -0.3 is 10.2 Å². The molecule has 1 aromatic heterocycles. The molecule has 1 aromatic rings. The molecule has 6 nitrogen and oxygen atoms in total. The van der Waals surface area contributed by atoms with Crippen LogP contribution in [0.5, 0.6) is 0 Å². The molecule has 1 aliphatic heterocycles. The molecule has 2 fully saturated rings. The number of hydrogen-bond acceptors (Lipinski definition) is 5. The second kappa shape index (κ2) is 6.84. The Morgan fingerprint density at radius 2 is 2.04 bits per heavy atom. The Morgan fingerprint density at radius 1 is 1.29 bits per heavy atom. The van der Waals surface area contributed by atoms with Crippen LogP contribution in [0.4, 0.5) is 5.00 Å². The third-order valence-corrected chi connectivity index (χ3v) is 7.12. The maximum absolute atomic E-state index is 12.8. The molecule has 1 saturated carbocycles. The zero-order valence-corrected chi connectivity index (χ0v) is 15.3. The lowest BCUT2D eigenvalue weighted by atomic mass is 10.2. The molecule has 1 atom stereocenters. The maximum Gasteiger partial charge on any atom is 0.264 e. The van der Waals surface area contributed by atoms with Gasteiger partial charge in [-0.1, -0.05) is 6.92 Å². The van der Waals surface area contributed by atoms with Gasteiger partial charge >= 0.3 is 0 Å². The monoisotopic (exact) mass is 370 g/mol. The lowest BCUT2D eigenvalue weighted by Crippen LogP contribution is -2.41. The summed E-state index contributed by atoms with van der Waals surface area (Å²) >= 11 is 1.25. The van der Waals surface area contributed by atoms with Crippen molar-refractivity contribution in [3.8, 4) is 0 Å². The molecular formula is C16H22N2O4S2. The van der Waals surface area contributed by atoms with Gasteiger partial charge in [0, 0.05) is 18.5 Å². The second-order valence-electron chi connectivity index (χ2n) is 6.48. The fraction of sp³-hybridized carbons (Fsp3) is 0.625. The minimum Gasteiger partial charge on any atom is -0.334 e. The van der Waals surface area contributed by atoms with Gasteiger partial charge in [0.25, 0.3) is 5.91 Å². The van der Waals surface area contributed by atoms with Crippen molar-refractivity contribution in [3.63, 3.8) is 0 Å². The van der Waals surface area contributed by atoms with Crippen LogP contribution in [0.3, 0.4) is 0 Å². The highest BCUT2D eigenvalue weighted by atomic mass is 32.2. The molecule has 1 unspecified atom stereocenters. The van der Waals surface area contributed by atoms with Crippen LogP contribution >= 0.6 is 11.3 Å². The average Bonchev–Trinajstić information content (AvgIpc) is 3.19. The summed E-state index contributed by atoms with van der Waals surface area (Å²) in [5.41, 5.74) is 0. The summed E-state index contributed by atoms with van der Waals surface area (Å²) in [5, 5.41) is 3.52. The van der Waals surface area contributed by atoms with Crippen molar-refractivity contribution in [2.45, 2.75) is 38.6 Å². The van der Waals surface area contributed by atoms with E-state index in [1.165, 1.54) is 11.3 Å². The summed E-state index contributed by atoms with van der Waals surface area (Å²) in [5.74, 6) is 0.193. The van der Waals surface area contributed by atoms with E-state index in [4.69, 9.17) is 0 Å². The topological polar surface area (TPSA) is 83.6 Å². The molecule has 132 valence electrons. The molecule has 1 aliphatic carbocycles. The first-order valence-corrected chi connectivity index (χ1v) is 11.0. The minimum atomic E-state index is -3.04. The van der Waals surface area contributed by atoms with E-state index in [0.29, 0.717) is 22.8 Å². The Bertz CT molecular complexity index is 737. The van der Waals surface area contributed by atoms with Crippen molar-refractivity contribution < 1.29 is 18.0 Å². The summed E-state index contributed by atoms with van der Waals surface area (Å²) in [7, 11) is -3.04. The number of rotatable bonds is 6. The smallest absolute Gasteiger partial charge is 0.264 e. The van der Waals surface area contributed by atoms with Gasteiger partial charge in [-0.3, -0.25) is 9.59 Å². The quantitative estimate of drug-likeness (QED) is 0.831. The van der Waals surface area contributed by atoms with Crippen LogP contribution in [0, 0.1) is 5.92 Å². The number of nitrogens with zero attached hydrogens (tertiary/aromatic N) is 1. The molecular weight excluding hydrogens is 348 g/mol. The first-order chi connectivity index (χ1) is 11.4. The average molecular weight is 370 g/mol. The third-order valence-electron chi connectivity index (χ3n) is 4.39. The molecule has 0 spiro atoms. The van der Waals surface area contributed by atoms with Gasteiger partial charge in [-0.05, 0) is 37.8 Å². The Hall–Kier alpha value is -1.41. The molecule has 1 saturated heterocycles. The van der Waals surface area contributed by atoms with Crippen molar-refractivity contribution in [1.82, 2.24) is 4.90 Å². The molecule has 2 aliphatic rings. The molecule has 0 bridgehead atoms. The zero-order chi connectivity index (χ0) is 17.3. The largest absolute Gasteiger partial charge is 0.334 e. The molecule has 3 rings (SSSR count). The maximum atomic E-state index is 12.8. The summed E-state index contributed by atoms with van der Waals surface area (Å²) in [6.07, 6.45) is 3.15. The third kappa shape index (κ3) is 3.97. The molecule has 24 heavy (non-hydrogen) atoms. The summed E-state index contributed by atoms with van der Waals surface area (Å²) < 4.78 is 23.4. The number of hydrogen-bond donors (Lipinski definition) is 1. The first kappa shape index (κ1) is 17.4. The molecule has 2 heterocycles. The van der Waals surface area contributed by atoms with Gasteiger partial charge in [-0.15, -0.1) is 11.3 Å². The van der Waals surface area contributed by atoms with Crippen molar-refractivity contribution in [2.24, 2.45) is 5.92 Å². The number of carbonyl (C=O) groups is 2. The normalized spacial score (nSPS) is 22.3. The first-order valence-electron chi connectivity index (χ1n) is 8.31. The van der Waals surface area contributed by atoms with Crippen molar-refractivity contribution in [1.29, 1.82) is 0 Å². The second-order valence-corrected chi connectivity index (χ2v) is 9.80. The summed E-state index contributed by atoms with van der Waals surface area (Å²) in [6.45, 7) is 2.51. The van der Waals surface area contributed by atoms with Gasteiger partial charge in [-0.2, -0.15) is 0 Å². The lowest BCUT2D eigenvalue weighted by Gasteiger charge is -2.27. The predicted octanol–water partition coefficient (Wildman–Crippen LogP) is 2.14. The lowest BCUT2D eigenvalue weighted by molar-refractivity contribution is -0.117. The molecule has 2 amide bonds. The summed E-state index contributed by atoms with van der Waals surface area (Å²) in [4.78, 5) is 26.8. The number of amides is 2. The van der Waals surface area contributed by atoms with Crippen LogP contribution in [0.1, 0.15) is 42.3 Å². The van der Waals surface area contributed by atoms with E-state index in [1.54, 1.807) is 17.0 Å². The zero-order valence-electron chi connectivity index (χ0n) is 13.7. The molecule has 8 heteroatoms. The fourth-order valence-corrected chi connectivity index (χ4v) is 5.54. The van der Waals surface area contributed by atoms with E-state index in [2.05, 4.69) is 5.32 Å². The number of anilines is 1. The van der Waals surface area contributed by atoms with E-state index in [-0.39, 0.29) is 35.3 Å². The van der Waals surface area contributed by atoms with E-state index in [0.717, 1.165) is 19.3 Å². The Morgan fingerprint density at radius 3 is 2.62 bits per heavy atom. The van der Waals surface area contributed by atoms with Gasteiger partial charge in [0.1, 0.15) is 0 Å². The van der Waals surface area contributed by atoms with E-state index >= 15 is 0 Å². The van der Waals surface area contributed by atoms with Crippen LogP contribution in [0.15, 0.2) is 12.1 Å². The van der Waals surface area contributed by atoms with Gasteiger partial charge in [-0.25, -0.2) is 8.42 Å². The molecule has 0 radical (unpaired) electrons. The SMILES string of the molecule is CCCN(C(=O)c1ccc(NC(=O)C2CC2)s1)C1CCS(=O)(=O)C1. The van der Waals surface area contributed by atoms with Crippen LogP contribution in [-0.2, 0) is 14.6 Å². The van der Waals surface area contributed by atoms with Crippen molar-refractivity contribution in [3.05, 3.63) is 17.0 Å². The van der Waals surface area contributed by atoms with Crippen LogP contribution in [-0.4, -0.2) is 49.2 Å². The van der Waals surface area contributed by atoms with Gasteiger partial charge in [0.15, 0.2) is 9.84 Å². The number of sulfone groups is 1. The highest BCUT2D eigenvalue weighted by Gasteiger charge is 2.35. The van der Waals surface area contributed by atoms with E-state index < -0.39 is 9.84 Å². The van der Waals surface area contributed by atoms with E-state index in [1.807, 2.05) is 6.92 Å². The number of nitrogens with one attached hydrogen (secondary N) is 1. The number of carbonyl (C=O) groups excluding carboxylic acids is 2. The Kier molecular flexibility index (Phi) is 4.96. The highest BCUT2D eigenvalue weighted by molar-refractivity contribution is 7.91.